The molecule has 0 atom stereocenters. The molecule has 0 bridgehead atoms. The third-order valence-corrected chi connectivity index (χ3v) is 6.83. The number of thioether (sulfide) groups is 1. The van der Waals surface area contributed by atoms with Gasteiger partial charge in [-0.05, 0) is 73.6 Å². The Morgan fingerprint density at radius 2 is 1.83 bits per heavy atom. The molecule has 0 radical (unpaired) electrons. The number of likely N-dealkylation sites (N-methyl/N-ethyl adjacent to an activating group) is 1. The van der Waals surface area contributed by atoms with E-state index < -0.39 is 5.97 Å². The third-order valence-electron chi connectivity index (χ3n) is 5.30. The molecule has 184 valence electrons. The summed E-state index contributed by atoms with van der Waals surface area (Å²) in [6.45, 7) is 4.86. The van der Waals surface area contributed by atoms with E-state index in [0.717, 1.165) is 15.6 Å². The van der Waals surface area contributed by atoms with Gasteiger partial charge in [0, 0.05) is 16.6 Å². The highest BCUT2D eigenvalue weighted by Crippen LogP contribution is 2.35. The molecule has 1 amide bonds. The normalized spacial score (nSPS) is 15.5. The fraction of sp³-hybridized carbons (Fsp3) is 0.179. The number of amides is 1. The number of benzene rings is 3. The van der Waals surface area contributed by atoms with E-state index in [2.05, 4.69) is 20.9 Å². The molecule has 1 heterocycles. The molecule has 36 heavy (non-hydrogen) atoms. The fourth-order valence-electron chi connectivity index (χ4n) is 3.51. The van der Waals surface area contributed by atoms with E-state index in [1.54, 1.807) is 36.1 Å². The molecule has 1 aliphatic rings. The minimum Gasteiger partial charge on any atom is -0.488 e. The molecular formula is C28H25BrN2O4S. The van der Waals surface area contributed by atoms with Crippen molar-refractivity contribution in [1.82, 2.24) is 4.90 Å². The molecule has 1 saturated heterocycles. The van der Waals surface area contributed by atoms with E-state index >= 15 is 0 Å². The Morgan fingerprint density at radius 3 is 2.58 bits per heavy atom. The molecule has 6 nitrogen and oxygen atoms in total. The third kappa shape index (κ3) is 6.25. The van der Waals surface area contributed by atoms with Crippen molar-refractivity contribution in [3.8, 4) is 5.75 Å². The number of esters is 1. The first kappa shape index (κ1) is 25.7. The molecule has 0 aliphatic carbocycles. The molecule has 1 fully saturated rings. The molecule has 1 aliphatic heterocycles. The van der Waals surface area contributed by atoms with Gasteiger partial charge in [-0.25, -0.2) is 9.79 Å². The van der Waals surface area contributed by atoms with Gasteiger partial charge >= 0.3 is 5.97 Å². The van der Waals surface area contributed by atoms with Crippen LogP contribution in [0.4, 0.5) is 5.69 Å². The summed E-state index contributed by atoms with van der Waals surface area (Å²) < 4.78 is 12.2. The van der Waals surface area contributed by atoms with Gasteiger partial charge < -0.3 is 9.47 Å². The molecule has 8 heteroatoms. The van der Waals surface area contributed by atoms with Gasteiger partial charge in [0.1, 0.15) is 12.4 Å². The summed E-state index contributed by atoms with van der Waals surface area (Å²) in [4.78, 5) is 32.1. The second-order valence-corrected chi connectivity index (χ2v) is 9.70. The van der Waals surface area contributed by atoms with Gasteiger partial charge in [0.2, 0.25) is 0 Å². The second kappa shape index (κ2) is 12.1. The maximum absolute atomic E-state index is 13.2. The van der Waals surface area contributed by atoms with Crippen molar-refractivity contribution >= 4 is 56.5 Å². The Hall–Kier alpha value is -3.36. The Balaban J connectivity index is 1.57. The van der Waals surface area contributed by atoms with Crippen LogP contribution in [0.1, 0.15) is 35.3 Å². The van der Waals surface area contributed by atoms with Crippen LogP contribution in [-0.4, -0.2) is 35.1 Å². The second-order valence-electron chi connectivity index (χ2n) is 7.78. The predicted octanol–water partition coefficient (Wildman–Crippen LogP) is 6.83. The molecule has 0 aromatic heterocycles. The molecule has 0 N–H and O–H groups in total. The van der Waals surface area contributed by atoms with E-state index in [-0.39, 0.29) is 5.91 Å². The zero-order chi connectivity index (χ0) is 25.5. The number of amidine groups is 1. The summed E-state index contributed by atoms with van der Waals surface area (Å²) in [6, 6.07) is 22.5. The summed E-state index contributed by atoms with van der Waals surface area (Å²) in [5.74, 6) is 0.171. The van der Waals surface area contributed by atoms with Crippen molar-refractivity contribution in [3.63, 3.8) is 0 Å². The first-order valence-corrected chi connectivity index (χ1v) is 13.1. The van der Waals surface area contributed by atoms with Crippen LogP contribution in [0.5, 0.6) is 5.75 Å². The van der Waals surface area contributed by atoms with Crippen LogP contribution in [-0.2, 0) is 16.1 Å². The van der Waals surface area contributed by atoms with Gasteiger partial charge in [0.15, 0.2) is 5.17 Å². The van der Waals surface area contributed by atoms with E-state index in [9.17, 15) is 9.59 Å². The summed E-state index contributed by atoms with van der Waals surface area (Å²) >= 11 is 4.74. The van der Waals surface area contributed by atoms with Crippen molar-refractivity contribution < 1.29 is 19.1 Å². The lowest BCUT2D eigenvalue weighted by atomic mass is 10.1. The van der Waals surface area contributed by atoms with Crippen molar-refractivity contribution in [2.45, 2.75) is 20.5 Å². The van der Waals surface area contributed by atoms with Gasteiger partial charge in [-0.15, -0.1) is 0 Å². The lowest BCUT2D eigenvalue weighted by Gasteiger charge is -2.12. The predicted molar refractivity (Wildman–Crippen MR) is 147 cm³/mol. The zero-order valence-electron chi connectivity index (χ0n) is 19.9. The highest BCUT2D eigenvalue weighted by molar-refractivity contribution is 9.10. The number of carbonyl (C=O) groups is 2. The number of hydrogen-bond acceptors (Lipinski definition) is 6. The minimum atomic E-state index is -0.401. The van der Waals surface area contributed by atoms with Gasteiger partial charge in [0.25, 0.3) is 5.91 Å². The SMILES string of the molecule is CCOC(=O)c1cccc(N=C2SC(=Cc3ccccc3OCc3ccc(Br)cc3)C(=O)N2CC)c1. The highest BCUT2D eigenvalue weighted by atomic mass is 79.9. The Kier molecular flexibility index (Phi) is 8.61. The monoisotopic (exact) mass is 564 g/mol. The quantitative estimate of drug-likeness (QED) is 0.221. The average molecular weight is 565 g/mol. The Bertz CT molecular complexity index is 1320. The first-order valence-electron chi connectivity index (χ1n) is 11.5. The van der Waals surface area contributed by atoms with Crippen LogP contribution in [0.25, 0.3) is 6.08 Å². The van der Waals surface area contributed by atoms with Crippen LogP contribution in [0.3, 0.4) is 0 Å². The molecular weight excluding hydrogens is 540 g/mol. The number of carbonyl (C=O) groups excluding carboxylic acids is 2. The Labute approximate surface area is 223 Å². The number of halogens is 1. The van der Waals surface area contributed by atoms with Crippen molar-refractivity contribution in [2.24, 2.45) is 4.99 Å². The molecule has 0 unspecified atom stereocenters. The van der Waals surface area contributed by atoms with Gasteiger partial charge in [-0.3, -0.25) is 9.69 Å². The largest absolute Gasteiger partial charge is 0.488 e. The maximum atomic E-state index is 13.2. The van der Waals surface area contributed by atoms with Crippen molar-refractivity contribution in [1.29, 1.82) is 0 Å². The van der Waals surface area contributed by atoms with Crippen molar-refractivity contribution in [2.75, 3.05) is 13.2 Å². The number of hydrogen-bond donors (Lipinski definition) is 0. The summed E-state index contributed by atoms with van der Waals surface area (Å²) in [5.41, 5.74) is 2.85. The fourth-order valence-corrected chi connectivity index (χ4v) is 4.83. The van der Waals surface area contributed by atoms with Crippen LogP contribution in [0.2, 0.25) is 0 Å². The van der Waals surface area contributed by atoms with Gasteiger partial charge in [0.05, 0.1) is 22.8 Å². The topological polar surface area (TPSA) is 68.2 Å². The molecule has 3 aromatic rings. The smallest absolute Gasteiger partial charge is 0.338 e. The van der Waals surface area contributed by atoms with E-state index in [1.807, 2.05) is 61.5 Å². The molecule has 0 spiro atoms. The van der Waals surface area contributed by atoms with Crippen LogP contribution in [0.15, 0.2) is 87.2 Å². The lowest BCUT2D eigenvalue weighted by Crippen LogP contribution is -2.28. The minimum absolute atomic E-state index is 0.120. The number of nitrogens with zero attached hydrogens (tertiary/aromatic N) is 2. The lowest BCUT2D eigenvalue weighted by molar-refractivity contribution is -0.122. The molecule has 3 aromatic carbocycles. The van der Waals surface area contributed by atoms with E-state index in [0.29, 0.717) is 46.8 Å². The van der Waals surface area contributed by atoms with E-state index in [1.165, 1.54) is 11.8 Å². The summed E-state index contributed by atoms with van der Waals surface area (Å²) in [7, 11) is 0. The zero-order valence-corrected chi connectivity index (χ0v) is 22.3. The number of rotatable bonds is 8. The summed E-state index contributed by atoms with van der Waals surface area (Å²) in [6.07, 6.45) is 1.84. The first-order chi connectivity index (χ1) is 17.5. The number of ether oxygens (including phenoxy) is 2. The van der Waals surface area contributed by atoms with E-state index in [4.69, 9.17) is 9.47 Å². The number of aliphatic imine (C=N–C) groups is 1. The average Bonchev–Trinajstić information content (AvgIpc) is 3.18. The van der Waals surface area contributed by atoms with Gasteiger partial charge in [-0.1, -0.05) is 52.3 Å². The van der Waals surface area contributed by atoms with Crippen LogP contribution >= 0.6 is 27.7 Å². The van der Waals surface area contributed by atoms with Crippen molar-refractivity contribution in [3.05, 3.63) is 98.9 Å². The maximum Gasteiger partial charge on any atom is 0.338 e. The van der Waals surface area contributed by atoms with Crippen LogP contribution in [0, 0.1) is 0 Å². The molecule has 4 rings (SSSR count). The highest BCUT2D eigenvalue weighted by Gasteiger charge is 2.32. The number of para-hydroxylation sites is 1. The summed E-state index contributed by atoms with van der Waals surface area (Å²) in [5, 5.41) is 0.558. The van der Waals surface area contributed by atoms with Crippen LogP contribution < -0.4 is 4.74 Å². The van der Waals surface area contributed by atoms with Gasteiger partial charge in [-0.2, -0.15) is 0 Å². The standard InChI is InChI=1S/C28H25BrN2O4S/c1-3-31-26(32)25(36-28(31)30-23-10-7-9-21(16-23)27(33)34-4-2)17-20-8-5-6-11-24(20)35-18-19-12-14-22(29)15-13-19/h5-17H,3-4,18H2,1-2H3. The Morgan fingerprint density at radius 1 is 1.06 bits per heavy atom. The molecule has 0 saturated carbocycles.